The van der Waals surface area contributed by atoms with Crippen LogP contribution in [0.15, 0.2) is 12.3 Å². The summed E-state index contributed by atoms with van der Waals surface area (Å²) in [5.74, 6) is -0.612. The van der Waals surface area contributed by atoms with E-state index < -0.39 is 15.8 Å². The molecule has 0 amide bonds. The summed E-state index contributed by atoms with van der Waals surface area (Å²) in [6.45, 7) is 2.07. The number of carboxylic acids is 1. The molecule has 1 fully saturated rings. The molecule has 1 aliphatic rings. The minimum Gasteiger partial charge on any atom is -0.478 e. The standard InChI is InChI=1S/C11H13ClN2O4S/c1-7-6-19(17,18)3-2-14(7)10-4-8(11(15)16)9(12)5-13-10/h4-5,7H,2-3,6H2,1H3,(H,15,16). The maximum Gasteiger partial charge on any atom is 0.337 e. The van der Waals surface area contributed by atoms with Crippen molar-refractivity contribution in [1.82, 2.24) is 4.98 Å². The van der Waals surface area contributed by atoms with Gasteiger partial charge in [-0.2, -0.15) is 0 Å². The van der Waals surface area contributed by atoms with Crippen LogP contribution in [0.25, 0.3) is 0 Å². The Bertz CT molecular complexity index is 617. The van der Waals surface area contributed by atoms with Crippen molar-refractivity contribution < 1.29 is 18.3 Å². The van der Waals surface area contributed by atoms with Crippen molar-refractivity contribution in [2.24, 2.45) is 0 Å². The van der Waals surface area contributed by atoms with E-state index in [1.165, 1.54) is 12.3 Å². The Hall–Kier alpha value is -1.34. The van der Waals surface area contributed by atoms with E-state index in [4.69, 9.17) is 16.7 Å². The molecule has 0 spiro atoms. The summed E-state index contributed by atoms with van der Waals surface area (Å²) in [5, 5.41) is 9.07. The number of rotatable bonds is 2. The van der Waals surface area contributed by atoms with Crippen molar-refractivity contribution in [3.63, 3.8) is 0 Å². The van der Waals surface area contributed by atoms with E-state index in [-0.39, 0.29) is 28.1 Å². The van der Waals surface area contributed by atoms with Crippen LogP contribution < -0.4 is 4.90 Å². The minimum absolute atomic E-state index is 0.0349. The fourth-order valence-electron chi connectivity index (χ4n) is 2.09. The third kappa shape index (κ3) is 2.98. The fraction of sp³-hybridized carbons (Fsp3) is 0.455. The Labute approximate surface area is 115 Å². The predicted molar refractivity (Wildman–Crippen MR) is 71.7 cm³/mol. The van der Waals surface area contributed by atoms with Gasteiger partial charge < -0.3 is 10.0 Å². The van der Waals surface area contributed by atoms with Crippen molar-refractivity contribution in [1.29, 1.82) is 0 Å². The highest BCUT2D eigenvalue weighted by Gasteiger charge is 2.29. The molecular weight excluding hydrogens is 292 g/mol. The van der Waals surface area contributed by atoms with Gasteiger partial charge >= 0.3 is 5.97 Å². The Morgan fingerprint density at radius 2 is 2.26 bits per heavy atom. The number of aromatic carboxylic acids is 1. The van der Waals surface area contributed by atoms with Gasteiger partial charge in [-0.15, -0.1) is 0 Å². The topological polar surface area (TPSA) is 87.6 Å². The summed E-state index contributed by atoms with van der Waals surface area (Å²) >= 11 is 5.75. The van der Waals surface area contributed by atoms with Crippen LogP contribution in [0.4, 0.5) is 5.82 Å². The average molecular weight is 305 g/mol. The second-order valence-electron chi connectivity index (χ2n) is 4.48. The lowest BCUT2D eigenvalue weighted by Gasteiger charge is -2.34. The molecule has 1 aliphatic heterocycles. The summed E-state index contributed by atoms with van der Waals surface area (Å²) in [6.07, 6.45) is 1.27. The molecule has 19 heavy (non-hydrogen) atoms. The highest BCUT2D eigenvalue weighted by atomic mass is 35.5. The van der Waals surface area contributed by atoms with Gasteiger partial charge in [0.15, 0.2) is 9.84 Å². The highest BCUT2D eigenvalue weighted by Crippen LogP contribution is 2.24. The number of hydrogen-bond donors (Lipinski definition) is 1. The summed E-state index contributed by atoms with van der Waals surface area (Å²) in [5.41, 5.74) is -0.0349. The second-order valence-corrected chi connectivity index (χ2v) is 7.12. The molecule has 2 rings (SSSR count). The smallest absolute Gasteiger partial charge is 0.337 e. The van der Waals surface area contributed by atoms with Crippen LogP contribution in [-0.2, 0) is 9.84 Å². The van der Waals surface area contributed by atoms with Gasteiger partial charge in [0.1, 0.15) is 5.82 Å². The first kappa shape index (κ1) is 14.1. The first-order chi connectivity index (χ1) is 8.80. The molecule has 8 heteroatoms. The van der Waals surface area contributed by atoms with Crippen LogP contribution in [0.1, 0.15) is 17.3 Å². The maximum absolute atomic E-state index is 11.5. The van der Waals surface area contributed by atoms with Gasteiger partial charge in [0.2, 0.25) is 0 Å². The molecule has 0 radical (unpaired) electrons. The number of sulfone groups is 1. The van der Waals surface area contributed by atoms with Crippen LogP contribution in [0.3, 0.4) is 0 Å². The molecule has 2 heterocycles. The van der Waals surface area contributed by atoms with Gasteiger partial charge in [-0.05, 0) is 13.0 Å². The first-order valence-electron chi connectivity index (χ1n) is 5.66. The van der Waals surface area contributed by atoms with Crippen molar-refractivity contribution in [3.05, 3.63) is 22.8 Å². The van der Waals surface area contributed by atoms with Gasteiger partial charge in [-0.25, -0.2) is 18.2 Å². The third-order valence-electron chi connectivity index (χ3n) is 3.04. The van der Waals surface area contributed by atoms with Gasteiger partial charge in [0, 0.05) is 18.8 Å². The Morgan fingerprint density at radius 3 is 2.84 bits per heavy atom. The molecule has 0 bridgehead atoms. The molecule has 1 unspecified atom stereocenters. The number of aromatic nitrogens is 1. The van der Waals surface area contributed by atoms with E-state index in [0.717, 1.165) is 0 Å². The highest BCUT2D eigenvalue weighted by molar-refractivity contribution is 7.91. The predicted octanol–water partition coefficient (Wildman–Crippen LogP) is 1.06. The van der Waals surface area contributed by atoms with Crippen molar-refractivity contribution >= 4 is 33.2 Å². The van der Waals surface area contributed by atoms with E-state index in [1.54, 1.807) is 11.8 Å². The molecule has 0 saturated carbocycles. The monoisotopic (exact) mass is 304 g/mol. The molecule has 104 valence electrons. The van der Waals surface area contributed by atoms with Crippen LogP contribution in [-0.4, -0.2) is 48.6 Å². The Kier molecular flexibility index (Phi) is 3.69. The normalized spacial score (nSPS) is 22.2. The maximum atomic E-state index is 11.5. The first-order valence-corrected chi connectivity index (χ1v) is 7.86. The number of halogens is 1. The van der Waals surface area contributed by atoms with Crippen LogP contribution in [0.2, 0.25) is 5.02 Å². The number of nitrogens with zero attached hydrogens (tertiary/aromatic N) is 2. The minimum atomic E-state index is -3.02. The fourth-order valence-corrected chi connectivity index (χ4v) is 3.83. The van der Waals surface area contributed by atoms with Crippen molar-refractivity contribution in [2.45, 2.75) is 13.0 Å². The van der Waals surface area contributed by atoms with Crippen LogP contribution in [0, 0.1) is 0 Å². The molecular formula is C11H13ClN2O4S. The zero-order valence-electron chi connectivity index (χ0n) is 10.2. The summed E-state index contributed by atoms with van der Waals surface area (Å²) in [7, 11) is -3.02. The molecule has 1 atom stereocenters. The van der Waals surface area contributed by atoms with E-state index in [0.29, 0.717) is 12.4 Å². The lowest BCUT2D eigenvalue weighted by molar-refractivity contribution is 0.0697. The van der Waals surface area contributed by atoms with Crippen LogP contribution in [0.5, 0.6) is 0 Å². The van der Waals surface area contributed by atoms with E-state index in [1.807, 2.05) is 0 Å². The molecule has 1 saturated heterocycles. The van der Waals surface area contributed by atoms with Crippen LogP contribution >= 0.6 is 11.6 Å². The summed E-state index contributed by atoms with van der Waals surface area (Å²) < 4.78 is 23.0. The van der Waals surface area contributed by atoms with Gasteiger partial charge in [-0.1, -0.05) is 11.6 Å². The Balaban J connectivity index is 2.33. The summed E-state index contributed by atoms with van der Waals surface area (Å²) in [6, 6.07) is 1.13. The van der Waals surface area contributed by atoms with E-state index in [2.05, 4.69) is 4.98 Å². The molecule has 1 N–H and O–H groups in total. The lowest BCUT2D eigenvalue weighted by Crippen LogP contribution is -2.47. The number of anilines is 1. The zero-order valence-corrected chi connectivity index (χ0v) is 11.8. The van der Waals surface area contributed by atoms with Crippen molar-refractivity contribution in [2.75, 3.05) is 23.0 Å². The number of carbonyl (C=O) groups is 1. The zero-order chi connectivity index (χ0) is 14.2. The molecule has 1 aromatic heterocycles. The third-order valence-corrected chi connectivity index (χ3v) is 5.13. The largest absolute Gasteiger partial charge is 0.478 e. The average Bonchev–Trinajstić information content (AvgIpc) is 2.29. The molecule has 0 aliphatic carbocycles. The van der Waals surface area contributed by atoms with Gasteiger partial charge in [-0.3, -0.25) is 0 Å². The number of carboxylic acid groups (broad SMARTS) is 1. The van der Waals surface area contributed by atoms with Crippen molar-refractivity contribution in [3.8, 4) is 0 Å². The molecule has 0 aromatic carbocycles. The van der Waals surface area contributed by atoms with E-state index in [9.17, 15) is 13.2 Å². The van der Waals surface area contributed by atoms with Gasteiger partial charge in [0.05, 0.1) is 22.1 Å². The Morgan fingerprint density at radius 1 is 1.58 bits per heavy atom. The lowest BCUT2D eigenvalue weighted by atomic mass is 10.2. The molecule has 6 nitrogen and oxygen atoms in total. The number of hydrogen-bond acceptors (Lipinski definition) is 5. The van der Waals surface area contributed by atoms with E-state index >= 15 is 0 Å². The summed E-state index contributed by atoms with van der Waals surface area (Å²) in [4.78, 5) is 16.9. The van der Waals surface area contributed by atoms with Gasteiger partial charge in [0.25, 0.3) is 0 Å². The SMILES string of the molecule is CC1CS(=O)(=O)CCN1c1cc(C(=O)O)c(Cl)cn1. The molecule has 1 aromatic rings. The quantitative estimate of drug-likeness (QED) is 0.879. The number of pyridine rings is 1. The second kappa shape index (κ2) is 4.97.